The first-order valence-corrected chi connectivity index (χ1v) is 9.89. The minimum absolute atomic E-state index is 0.0235. The summed E-state index contributed by atoms with van der Waals surface area (Å²) in [4.78, 5) is 3.97. The summed E-state index contributed by atoms with van der Waals surface area (Å²) < 4.78 is 7.70. The molecule has 0 saturated heterocycles. The predicted molar refractivity (Wildman–Crippen MR) is 115 cm³/mol. The number of hydrogen-bond donors (Lipinski definition) is 2. The van der Waals surface area contributed by atoms with Crippen LogP contribution < -0.4 is 4.74 Å². The number of aliphatic hydroxyl groups is 1. The van der Waals surface area contributed by atoms with Crippen LogP contribution in [0.2, 0.25) is 10.0 Å². The van der Waals surface area contributed by atoms with Crippen molar-refractivity contribution >= 4 is 34.1 Å². The molecule has 1 atom stereocenters. The number of hydrogen-bond acceptors (Lipinski definition) is 5. The molecule has 30 heavy (non-hydrogen) atoms. The zero-order valence-electron chi connectivity index (χ0n) is 15.9. The van der Waals surface area contributed by atoms with Crippen molar-refractivity contribution in [2.75, 3.05) is 6.61 Å². The molecule has 0 bridgehead atoms. The van der Waals surface area contributed by atoms with Gasteiger partial charge in [-0.2, -0.15) is 10.2 Å². The SMILES string of the molecule is C[C@@H](Oc1ccc2[nH]nc(C#Cc3cnn(CCO)c3)c2c1)c1c(Cl)cncc1Cl. The van der Waals surface area contributed by atoms with E-state index in [4.69, 9.17) is 33.0 Å². The number of ether oxygens (including phenoxy) is 1. The zero-order chi connectivity index (χ0) is 21.1. The van der Waals surface area contributed by atoms with E-state index in [2.05, 4.69) is 32.1 Å². The van der Waals surface area contributed by atoms with Gasteiger partial charge in [-0.25, -0.2) is 0 Å². The molecule has 3 heterocycles. The number of rotatable bonds is 5. The Kier molecular flexibility index (Phi) is 5.91. The van der Waals surface area contributed by atoms with Gasteiger partial charge < -0.3 is 9.84 Å². The Bertz CT molecular complexity index is 1230. The maximum atomic E-state index is 8.98. The maximum Gasteiger partial charge on any atom is 0.143 e. The van der Waals surface area contributed by atoms with E-state index >= 15 is 0 Å². The molecule has 0 amide bonds. The average molecular weight is 442 g/mol. The van der Waals surface area contributed by atoms with Crippen molar-refractivity contribution in [2.45, 2.75) is 19.6 Å². The molecule has 4 aromatic rings. The highest BCUT2D eigenvalue weighted by Gasteiger charge is 2.16. The monoisotopic (exact) mass is 441 g/mol. The van der Waals surface area contributed by atoms with Crippen molar-refractivity contribution in [3.8, 4) is 17.6 Å². The zero-order valence-corrected chi connectivity index (χ0v) is 17.4. The molecular formula is C21H17Cl2N5O2. The van der Waals surface area contributed by atoms with Crippen LogP contribution >= 0.6 is 23.2 Å². The van der Waals surface area contributed by atoms with Crippen LogP contribution in [-0.2, 0) is 6.54 Å². The van der Waals surface area contributed by atoms with Crippen molar-refractivity contribution in [1.82, 2.24) is 25.0 Å². The minimum atomic E-state index is -0.371. The van der Waals surface area contributed by atoms with E-state index < -0.39 is 0 Å². The van der Waals surface area contributed by atoms with Crippen LogP contribution in [0.25, 0.3) is 10.9 Å². The summed E-state index contributed by atoms with van der Waals surface area (Å²) in [6.07, 6.45) is 6.13. The Morgan fingerprint density at radius 1 is 1.20 bits per heavy atom. The lowest BCUT2D eigenvalue weighted by atomic mass is 10.1. The third-order valence-electron chi connectivity index (χ3n) is 4.43. The number of H-pyrrole nitrogens is 1. The van der Waals surface area contributed by atoms with Gasteiger partial charge in [0.25, 0.3) is 0 Å². The van der Waals surface area contributed by atoms with E-state index in [1.165, 1.54) is 12.4 Å². The number of benzene rings is 1. The second kappa shape index (κ2) is 8.76. The van der Waals surface area contributed by atoms with Gasteiger partial charge in [0.1, 0.15) is 17.5 Å². The third-order valence-corrected chi connectivity index (χ3v) is 5.03. The summed E-state index contributed by atoms with van der Waals surface area (Å²) in [7, 11) is 0. The van der Waals surface area contributed by atoms with Crippen LogP contribution in [0.1, 0.15) is 29.8 Å². The molecule has 0 aliphatic heterocycles. The molecule has 0 aliphatic carbocycles. The van der Waals surface area contributed by atoms with Gasteiger partial charge in [-0.15, -0.1) is 0 Å². The van der Waals surface area contributed by atoms with Crippen LogP contribution in [0.5, 0.6) is 5.75 Å². The highest BCUT2D eigenvalue weighted by atomic mass is 35.5. The lowest BCUT2D eigenvalue weighted by Gasteiger charge is -2.17. The Balaban J connectivity index is 1.59. The number of aromatic nitrogens is 5. The van der Waals surface area contributed by atoms with Crippen LogP contribution in [0.4, 0.5) is 0 Å². The van der Waals surface area contributed by atoms with Gasteiger partial charge in [-0.05, 0) is 31.0 Å². The molecule has 4 rings (SSSR count). The number of nitrogens with zero attached hydrogens (tertiary/aromatic N) is 4. The fourth-order valence-electron chi connectivity index (χ4n) is 3.02. The smallest absolute Gasteiger partial charge is 0.143 e. The quantitative estimate of drug-likeness (QED) is 0.457. The lowest BCUT2D eigenvalue weighted by molar-refractivity contribution is 0.227. The van der Waals surface area contributed by atoms with E-state index in [0.717, 1.165) is 16.5 Å². The van der Waals surface area contributed by atoms with Gasteiger partial charge in [0.05, 0.1) is 40.5 Å². The molecule has 9 heteroatoms. The number of pyridine rings is 1. The van der Waals surface area contributed by atoms with Crippen molar-refractivity contribution in [3.05, 3.63) is 69.9 Å². The van der Waals surface area contributed by atoms with Gasteiger partial charge in [0.15, 0.2) is 0 Å². The number of aliphatic hydroxyl groups excluding tert-OH is 1. The Labute approximate surface area is 182 Å². The summed E-state index contributed by atoms with van der Waals surface area (Å²) in [6, 6.07) is 5.60. The third kappa shape index (κ3) is 4.26. The lowest BCUT2D eigenvalue weighted by Crippen LogP contribution is -2.05. The van der Waals surface area contributed by atoms with E-state index in [9.17, 15) is 0 Å². The molecule has 0 aliphatic rings. The van der Waals surface area contributed by atoms with Gasteiger partial charge in [0.2, 0.25) is 0 Å². The van der Waals surface area contributed by atoms with E-state index in [0.29, 0.717) is 33.6 Å². The number of halogens is 2. The molecule has 2 N–H and O–H groups in total. The molecule has 0 fully saturated rings. The molecule has 3 aromatic heterocycles. The van der Waals surface area contributed by atoms with Gasteiger partial charge in [0, 0.05) is 29.5 Å². The van der Waals surface area contributed by atoms with E-state index in [-0.39, 0.29) is 12.7 Å². The normalized spacial score (nSPS) is 11.9. The number of fused-ring (bicyclic) bond motifs is 1. The number of aromatic amines is 1. The van der Waals surface area contributed by atoms with Crippen molar-refractivity contribution in [1.29, 1.82) is 0 Å². The predicted octanol–water partition coefficient (Wildman–Crippen LogP) is 3.99. The fourth-order valence-corrected chi connectivity index (χ4v) is 3.69. The van der Waals surface area contributed by atoms with E-state index in [1.807, 2.05) is 25.1 Å². The van der Waals surface area contributed by atoms with Gasteiger partial charge >= 0.3 is 0 Å². The summed E-state index contributed by atoms with van der Waals surface area (Å²) in [6.45, 7) is 2.32. The second-order valence-electron chi connectivity index (χ2n) is 6.52. The first-order valence-electron chi connectivity index (χ1n) is 9.14. The standard InChI is InChI=1S/C21H17Cl2N5O2/c1-13(21-17(22)10-24-11-18(21)23)30-15-3-5-20-16(8-15)19(26-27-20)4-2-14-9-25-28(12-14)6-7-29/h3,5,8-13,29H,6-7H2,1H3,(H,26,27)/t13-/m1/s1. The Hall–Kier alpha value is -3.05. The van der Waals surface area contributed by atoms with Crippen molar-refractivity contribution in [3.63, 3.8) is 0 Å². The van der Waals surface area contributed by atoms with Gasteiger partial charge in [-0.1, -0.05) is 29.1 Å². The molecular weight excluding hydrogens is 425 g/mol. The molecule has 0 saturated carbocycles. The molecule has 0 unspecified atom stereocenters. The average Bonchev–Trinajstić information content (AvgIpc) is 3.33. The van der Waals surface area contributed by atoms with Crippen LogP contribution in [0.15, 0.2) is 43.0 Å². The Morgan fingerprint density at radius 2 is 2.00 bits per heavy atom. The maximum absolute atomic E-state index is 8.98. The molecule has 0 spiro atoms. The fraction of sp³-hybridized carbons (Fsp3) is 0.190. The van der Waals surface area contributed by atoms with Crippen LogP contribution in [0, 0.1) is 11.8 Å². The summed E-state index contributed by atoms with van der Waals surface area (Å²) in [5.74, 6) is 6.73. The largest absolute Gasteiger partial charge is 0.486 e. The minimum Gasteiger partial charge on any atom is -0.486 e. The van der Waals surface area contributed by atoms with E-state index in [1.54, 1.807) is 17.1 Å². The number of nitrogens with one attached hydrogen (secondary N) is 1. The molecule has 0 radical (unpaired) electrons. The Morgan fingerprint density at radius 3 is 2.77 bits per heavy atom. The first kappa shape index (κ1) is 20.2. The molecule has 152 valence electrons. The highest BCUT2D eigenvalue weighted by molar-refractivity contribution is 6.35. The van der Waals surface area contributed by atoms with Crippen LogP contribution in [0.3, 0.4) is 0 Å². The summed E-state index contributed by atoms with van der Waals surface area (Å²) in [5, 5.41) is 22.1. The molecule has 1 aromatic carbocycles. The first-order chi connectivity index (χ1) is 14.5. The van der Waals surface area contributed by atoms with Crippen molar-refractivity contribution < 1.29 is 9.84 Å². The summed E-state index contributed by atoms with van der Waals surface area (Å²) in [5.41, 5.74) is 2.86. The van der Waals surface area contributed by atoms with Crippen molar-refractivity contribution in [2.24, 2.45) is 0 Å². The van der Waals surface area contributed by atoms with Crippen LogP contribution in [-0.4, -0.2) is 36.7 Å². The molecule has 7 nitrogen and oxygen atoms in total. The van der Waals surface area contributed by atoms with Gasteiger partial charge in [-0.3, -0.25) is 14.8 Å². The highest BCUT2D eigenvalue weighted by Crippen LogP contribution is 2.33. The topological polar surface area (TPSA) is 88.8 Å². The summed E-state index contributed by atoms with van der Waals surface area (Å²) >= 11 is 12.5. The second-order valence-corrected chi connectivity index (χ2v) is 7.34.